The summed E-state index contributed by atoms with van der Waals surface area (Å²) in [5, 5.41) is 6.41. The summed E-state index contributed by atoms with van der Waals surface area (Å²) in [6.07, 6.45) is 5.05. The van der Waals surface area contributed by atoms with Gasteiger partial charge in [-0.15, -0.1) is 11.3 Å². The van der Waals surface area contributed by atoms with Crippen molar-refractivity contribution in [3.05, 3.63) is 44.5 Å². The molecule has 1 heterocycles. The minimum absolute atomic E-state index is 0.149. The number of nitrogens with one attached hydrogen (secondary N) is 1. The summed E-state index contributed by atoms with van der Waals surface area (Å²) in [5.41, 5.74) is 2.83. The maximum Gasteiger partial charge on any atom is 0.182 e. The highest BCUT2D eigenvalue weighted by molar-refractivity contribution is 14.1. The van der Waals surface area contributed by atoms with Crippen molar-refractivity contribution >= 4 is 39.1 Å². The van der Waals surface area contributed by atoms with Crippen LogP contribution >= 0.6 is 33.9 Å². The van der Waals surface area contributed by atoms with E-state index in [1.807, 2.05) is 7.05 Å². The predicted octanol–water partition coefficient (Wildman–Crippen LogP) is 4.65. The fourth-order valence-corrected chi connectivity index (χ4v) is 4.18. The van der Waals surface area contributed by atoms with Crippen molar-refractivity contribution in [2.75, 3.05) is 12.4 Å². The number of rotatable bonds is 3. The molecule has 1 aliphatic carbocycles. The molecule has 4 heteroatoms. The lowest BCUT2D eigenvalue weighted by atomic mass is 9.76. The van der Waals surface area contributed by atoms with E-state index in [4.69, 9.17) is 4.98 Å². The van der Waals surface area contributed by atoms with Gasteiger partial charge in [0.05, 0.1) is 5.69 Å². The first kappa shape index (κ1) is 13.4. The van der Waals surface area contributed by atoms with Crippen LogP contribution in [-0.2, 0) is 5.41 Å². The van der Waals surface area contributed by atoms with Gasteiger partial charge >= 0.3 is 0 Å². The van der Waals surface area contributed by atoms with E-state index in [9.17, 15) is 0 Å². The molecule has 2 aromatic rings. The van der Waals surface area contributed by atoms with Crippen LogP contribution in [0.5, 0.6) is 0 Å². The molecule has 1 aromatic heterocycles. The zero-order valence-corrected chi connectivity index (χ0v) is 13.9. The van der Waals surface area contributed by atoms with E-state index in [1.54, 1.807) is 11.3 Å². The monoisotopic (exact) mass is 384 g/mol. The van der Waals surface area contributed by atoms with Crippen molar-refractivity contribution in [2.24, 2.45) is 0 Å². The summed E-state index contributed by atoms with van der Waals surface area (Å²) in [7, 11) is 1.94. The standard InChI is InChI=1S/C15H17IN2S/c1-17-14-18-13(10-19-14)15(8-2-3-9-15)11-4-6-12(16)7-5-11/h4-7,10H,2-3,8-9H2,1H3,(H,17,18). The molecule has 2 nitrogen and oxygen atoms in total. The Labute approximate surface area is 131 Å². The molecular weight excluding hydrogens is 367 g/mol. The number of aromatic nitrogens is 1. The van der Waals surface area contributed by atoms with Gasteiger partial charge in [0.2, 0.25) is 0 Å². The van der Waals surface area contributed by atoms with E-state index < -0.39 is 0 Å². The number of thiazole rings is 1. The lowest BCUT2D eigenvalue weighted by Gasteiger charge is -2.28. The second-order valence-electron chi connectivity index (χ2n) is 5.08. The number of anilines is 1. The van der Waals surface area contributed by atoms with E-state index in [0.29, 0.717) is 0 Å². The Kier molecular flexibility index (Phi) is 3.80. The fourth-order valence-electron chi connectivity index (χ4n) is 3.05. The third-order valence-corrected chi connectivity index (χ3v) is 5.64. The van der Waals surface area contributed by atoms with Crippen molar-refractivity contribution in [1.29, 1.82) is 0 Å². The average molecular weight is 384 g/mol. The lowest BCUT2D eigenvalue weighted by molar-refractivity contribution is 0.522. The van der Waals surface area contributed by atoms with Crippen molar-refractivity contribution in [2.45, 2.75) is 31.1 Å². The van der Waals surface area contributed by atoms with E-state index in [0.717, 1.165) is 5.13 Å². The molecule has 1 aliphatic rings. The van der Waals surface area contributed by atoms with Gasteiger partial charge in [0.25, 0.3) is 0 Å². The molecule has 100 valence electrons. The van der Waals surface area contributed by atoms with E-state index in [2.05, 4.69) is 57.6 Å². The second-order valence-corrected chi connectivity index (χ2v) is 7.19. The molecule has 19 heavy (non-hydrogen) atoms. The van der Waals surface area contributed by atoms with Gasteiger partial charge in [-0.1, -0.05) is 25.0 Å². The van der Waals surface area contributed by atoms with Gasteiger partial charge in [0.15, 0.2) is 5.13 Å². The number of halogens is 1. The molecule has 0 unspecified atom stereocenters. The van der Waals surface area contributed by atoms with Crippen LogP contribution in [0.1, 0.15) is 36.9 Å². The van der Waals surface area contributed by atoms with Crippen LogP contribution in [0.3, 0.4) is 0 Å². The normalized spacial score (nSPS) is 17.6. The van der Waals surface area contributed by atoms with Gasteiger partial charge < -0.3 is 5.32 Å². The number of hydrogen-bond donors (Lipinski definition) is 1. The summed E-state index contributed by atoms with van der Waals surface area (Å²) in [4.78, 5) is 4.79. The third-order valence-electron chi connectivity index (χ3n) is 4.06. The Bertz CT molecular complexity index is 556. The lowest BCUT2D eigenvalue weighted by Crippen LogP contribution is -2.24. The number of benzene rings is 1. The highest BCUT2D eigenvalue weighted by Gasteiger charge is 2.39. The van der Waals surface area contributed by atoms with Crippen LogP contribution in [0.25, 0.3) is 0 Å². The predicted molar refractivity (Wildman–Crippen MR) is 90.1 cm³/mol. The maximum absolute atomic E-state index is 4.79. The van der Waals surface area contributed by atoms with Crippen molar-refractivity contribution in [3.8, 4) is 0 Å². The van der Waals surface area contributed by atoms with Crippen LogP contribution in [-0.4, -0.2) is 12.0 Å². The molecule has 1 aromatic carbocycles. The quantitative estimate of drug-likeness (QED) is 0.780. The highest BCUT2D eigenvalue weighted by Crippen LogP contribution is 2.46. The Balaban J connectivity index is 2.05. The molecule has 1 saturated carbocycles. The molecule has 0 atom stereocenters. The van der Waals surface area contributed by atoms with Crippen LogP contribution in [0.15, 0.2) is 29.6 Å². The molecule has 0 bridgehead atoms. The molecule has 0 amide bonds. The van der Waals surface area contributed by atoms with Crippen molar-refractivity contribution in [3.63, 3.8) is 0 Å². The first-order chi connectivity index (χ1) is 9.24. The summed E-state index contributed by atoms with van der Waals surface area (Å²) in [5.74, 6) is 0. The Morgan fingerprint density at radius 1 is 1.21 bits per heavy atom. The summed E-state index contributed by atoms with van der Waals surface area (Å²) >= 11 is 4.07. The van der Waals surface area contributed by atoms with E-state index in [-0.39, 0.29) is 5.41 Å². The Morgan fingerprint density at radius 2 is 1.89 bits per heavy atom. The third kappa shape index (κ3) is 2.40. The molecule has 0 radical (unpaired) electrons. The van der Waals surface area contributed by atoms with Gasteiger partial charge in [-0.2, -0.15) is 0 Å². The minimum Gasteiger partial charge on any atom is -0.365 e. The Hall–Kier alpha value is -0.620. The van der Waals surface area contributed by atoms with Gasteiger partial charge in [-0.25, -0.2) is 4.98 Å². The fraction of sp³-hybridized carbons (Fsp3) is 0.400. The Morgan fingerprint density at radius 3 is 2.47 bits per heavy atom. The van der Waals surface area contributed by atoms with Crippen LogP contribution in [0, 0.1) is 3.57 Å². The SMILES string of the molecule is CNc1nc(C2(c3ccc(I)cc3)CCCC2)cs1. The van der Waals surface area contributed by atoms with Gasteiger partial charge in [-0.05, 0) is 53.1 Å². The first-order valence-corrected chi connectivity index (χ1v) is 8.60. The summed E-state index contributed by atoms with van der Waals surface area (Å²) in [6.45, 7) is 0. The van der Waals surface area contributed by atoms with Crippen LogP contribution in [0.2, 0.25) is 0 Å². The van der Waals surface area contributed by atoms with Crippen molar-refractivity contribution in [1.82, 2.24) is 4.98 Å². The number of nitrogens with zero attached hydrogens (tertiary/aromatic N) is 1. The summed E-state index contributed by atoms with van der Waals surface area (Å²) < 4.78 is 1.30. The zero-order valence-electron chi connectivity index (χ0n) is 10.9. The van der Waals surface area contributed by atoms with E-state index in [1.165, 1.54) is 40.5 Å². The topological polar surface area (TPSA) is 24.9 Å². The first-order valence-electron chi connectivity index (χ1n) is 6.64. The molecule has 0 spiro atoms. The van der Waals surface area contributed by atoms with Gasteiger partial charge in [0, 0.05) is 21.4 Å². The zero-order chi connectivity index (χ0) is 13.3. The van der Waals surface area contributed by atoms with Crippen LogP contribution in [0.4, 0.5) is 5.13 Å². The van der Waals surface area contributed by atoms with Gasteiger partial charge in [-0.3, -0.25) is 0 Å². The molecule has 0 aliphatic heterocycles. The largest absolute Gasteiger partial charge is 0.365 e. The van der Waals surface area contributed by atoms with E-state index >= 15 is 0 Å². The highest BCUT2D eigenvalue weighted by atomic mass is 127. The molecule has 0 saturated heterocycles. The maximum atomic E-state index is 4.79. The van der Waals surface area contributed by atoms with Crippen molar-refractivity contribution < 1.29 is 0 Å². The average Bonchev–Trinajstić information content (AvgIpc) is 3.09. The number of hydrogen-bond acceptors (Lipinski definition) is 3. The molecule has 1 N–H and O–H groups in total. The minimum atomic E-state index is 0.149. The second kappa shape index (κ2) is 5.40. The molecule has 1 fully saturated rings. The molecular formula is C15H17IN2S. The smallest absolute Gasteiger partial charge is 0.182 e. The van der Waals surface area contributed by atoms with Crippen LogP contribution < -0.4 is 5.32 Å². The molecule has 3 rings (SSSR count). The summed E-state index contributed by atoms with van der Waals surface area (Å²) in [6, 6.07) is 8.99. The van der Waals surface area contributed by atoms with Gasteiger partial charge in [0.1, 0.15) is 0 Å².